The third-order valence-electron chi connectivity index (χ3n) is 6.48. The van der Waals surface area contributed by atoms with Gasteiger partial charge in [-0.15, -0.1) is 0 Å². The summed E-state index contributed by atoms with van der Waals surface area (Å²) in [6.45, 7) is 7.00. The summed E-state index contributed by atoms with van der Waals surface area (Å²) >= 11 is 6.05. The highest BCUT2D eigenvalue weighted by molar-refractivity contribution is 6.30. The largest absolute Gasteiger partial charge is 0.513 e. The van der Waals surface area contributed by atoms with Gasteiger partial charge in [-0.25, -0.2) is 4.79 Å². The zero-order chi connectivity index (χ0) is 24.5. The Hall–Kier alpha value is -2.87. The van der Waals surface area contributed by atoms with Crippen molar-refractivity contribution in [1.29, 1.82) is 0 Å². The lowest BCUT2D eigenvalue weighted by Crippen LogP contribution is -2.53. The van der Waals surface area contributed by atoms with Crippen LogP contribution in [0.4, 0.5) is 4.79 Å². The summed E-state index contributed by atoms with van der Waals surface area (Å²) in [6, 6.07) is 11.7. The topological polar surface area (TPSA) is 77.1 Å². The van der Waals surface area contributed by atoms with Crippen molar-refractivity contribution in [2.45, 2.75) is 39.2 Å². The van der Waals surface area contributed by atoms with Gasteiger partial charge in [-0.3, -0.25) is 4.79 Å². The van der Waals surface area contributed by atoms with Gasteiger partial charge in [0.25, 0.3) is 5.91 Å². The number of hydrogen-bond donors (Lipinski definition) is 1. The van der Waals surface area contributed by atoms with E-state index in [0.717, 1.165) is 27.8 Å². The molecule has 2 aromatic carbocycles. The van der Waals surface area contributed by atoms with Crippen LogP contribution < -0.4 is 5.32 Å². The van der Waals surface area contributed by atoms with Gasteiger partial charge in [-0.1, -0.05) is 35.9 Å². The van der Waals surface area contributed by atoms with Crippen LogP contribution in [0.2, 0.25) is 5.02 Å². The zero-order valence-corrected chi connectivity index (χ0v) is 20.6. The number of ether oxygens (including phenoxy) is 2. The Kier molecular flexibility index (Phi) is 6.98. The molecule has 1 N–H and O–H groups in total. The molecule has 2 aliphatic heterocycles. The molecule has 34 heavy (non-hydrogen) atoms. The first-order valence-electron chi connectivity index (χ1n) is 11.4. The predicted molar refractivity (Wildman–Crippen MR) is 130 cm³/mol. The summed E-state index contributed by atoms with van der Waals surface area (Å²) in [6.07, 6.45) is 0.283. The summed E-state index contributed by atoms with van der Waals surface area (Å²) in [7, 11) is 1.62. The Bertz CT molecular complexity index is 1110. The molecule has 0 saturated carbocycles. The summed E-state index contributed by atoms with van der Waals surface area (Å²) < 4.78 is 10.8. The van der Waals surface area contributed by atoms with Gasteiger partial charge in [0, 0.05) is 18.1 Å². The van der Waals surface area contributed by atoms with E-state index in [4.69, 9.17) is 25.9 Å². The van der Waals surface area contributed by atoms with E-state index in [1.165, 1.54) is 0 Å². The highest BCUT2D eigenvalue weighted by Gasteiger charge is 2.50. The third kappa shape index (κ3) is 4.56. The van der Waals surface area contributed by atoms with Crippen LogP contribution in [0.25, 0.3) is 16.7 Å². The normalized spacial score (nSPS) is 17.7. The molecule has 0 aromatic heterocycles. The van der Waals surface area contributed by atoms with E-state index in [1.54, 1.807) is 14.0 Å². The highest BCUT2D eigenvalue weighted by atomic mass is 35.5. The Labute approximate surface area is 204 Å². The molecule has 1 fully saturated rings. The molecule has 180 valence electrons. The Balaban J connectivity index is 1.81. The Morgan fingerprint density at radius 3 is 2.26 bits per heavy atom. The smallest absolute Gasteiger partial charge is 0.434 e. The van der Waals surface area contributed by atoms with Crippen LogP contribution in [0, 0.1) is 13.8 Å². The van der Waals surface area contributed by atoms with Gasteiger partial charge in [0.1, 0.15) is 5.54 Å². The van der Waals surface area contributed by atoms with E-state index in [2.05, 4.69) is 5.32 Å². The lowest BCUT2D eigenvalue weighted by atomic mass is 9.84. The van der Waals surface area contributed by atoms with Crippen molar-refractivity contribution < 1.29 is 23.9 Å². The second kappa shape index (κ2) is 9.78. The molecule has 0 atom stereocenters. The molecular weight excluding hydrogens is 456 g/mol. The van der Waals surface area contributed by atoms with Crippen molar-refractivity contribution in [1.82, 2.24) is 10.4 Å². The molecule has 2 aliphatic rings. The fourth-order valence-electron chi connectivity index (χ4n) is 4.85. The molecule has 0 radical (unpaired) electrons. The standard InChI is InChI=1S/C26H29ClN2O5/c1-5-33-25(31)34-23-22(24(30)28-26(23)10-12-29(32-4)13-11-26)21-16(2)14-19(15-17(21)3)18-6-8-20(27)9-7-18/h6-9,14-15H,5,10-13H2,1-4H3,(H,28,30). The minimum Gasteiger partial charge on any atom is -0.434 e. The average molecular weight is 485 g/mol. The fraction of sp³-hybridized carbons (Fsp3) is 0.385. The number of rotatable bonds is 5. The van der Waals surface area contributed by atoms with Crippen LogP contribution in [0.5, 0.6) is 0 Å². The minimum atomic E-state index is -0.812. The van der Waals surface area contributed by atoms with E-state index in [-0.39, 0.29) is 12.5 Å². The summed E-state index contributed by atoms with van der Waals surface area (Å²) in [5.74, 6) is 0.0766. The molecular formula is C26H29ClN2O5. The molecule has 7 nitrogen and oxygen atoms in total. The number of piperidine rings is 1. The van der Waals surface area contributed by atoms with Crippen LogP contribution in [-0.2, 0) is 19.1 Å². The number of benzene rings is 2. The molecule has 1 amide bonds. The second-order valence-corrected chi connectivity index (χ2v) is 9.07. The number of halogens is 1. The van der Waals surface area contributed by atoms with Gasteiger partial charge >= 0.3 is 6.16 Å². The third-order valence-corrected chi connectivity index (χ3v) is 6.74. The molecule has 2 heterocycles. The van der Waals surface area contributed by atoms with Crippen LogP contribution in [0.15, 0.2) is 42.2 Å². The number of aryl methyl sites for hydroxylation is 2. The second-order valence-electron chi connectivity index (χ2n) is 8.63. The Morgan fingerprint density at radius 1 is 1.09 bits per heavy atom. The Morgan fingerprint density at radius 2 is 1.71 bits per heavy atom. The number of amides is 1. The maximum absolute atomic E-state index is 13.4. The first-order valence-corrected chi connectivity index (χ1v) is 11.7. The van der Waals surface area contributed by atoms with Crippen LogP contribution >= 0.6 is 11.6 Å². The average Bonchev–Trinajstić information content (AvgIpc) is 3.05. The maximum Gasteiger partial charge on any atom is 0.513 e. The van der Waals surface area contributed by atoms with Crippen molar-refractivity contribution in [2.24, 2.45) is 0 Å². The number of nitrogens with zero attached hydrogens (tertiary/aromatic N) is 1. The van der Waals surface area contributed by atoms with Gasteiger partial charge < -0.3 is 19.6 Å². The van der Waals surface area contributed by atoms with Crippen molar-refractivity contribution in [3.63, 3.8) is 0 Å². The van der Waals surface area contributed by atoms with Gasteiger partial charge in [0.15, 0.2) is 5.76 Å². The maximum atomic E-state index is 13.4. The van der Waals surface area contributed by atoms with Crippen molar-refractivity contribution in [3.05, 3.63) is 63.9 Å². The lowest BCUT2D eigenvalue weighted by molar-refractivity contribution is -0.152. The van der Waals surface area contributed by atoms with Crippen LogP contribution in [-0.4, -0.2) is 49.5 Å². The number of carbonyl (C=O) groups is 2. The molecule has 8 heteroatoms. The minimum absolute atomic E-state index is 0.182. The first kappa shape index (κ1) is 24.3. The number of carbonyl (C=O) groups excluding carboxylic acids is 2. The molecule has 0 bridgehead atoms. The molecule has 1 saturated heterocycles. The highest BCUT2D eigenvalue weighted by Crippen LogP contribution is 2.43. The first-order chi connectivity index (χ1) is 16.3. The lowest BCUT2D eigenvalue weighted by Gasteiger charge is -2.38. The summed E-state index contributed by atoms with van der Waals surface area (Å²) in [5.41, 5.74) is 4.22. The van der Waals surface area contributed by atoms with E-state index in [1.807, 2.05) is 55.3 Å². The van der Waals surface area contributed by atoms with Gasteiger partial charge in [-0.2, -0.15) is 5.06 Å². The SMILES string of the molecule is CCOC(=O)OC1=C(c2c(C)cc(-c3ccc(Cl)cc3)cc2C)C(=O)NC12CCN(OC)CC2. The van der Waals surface area contributed by atoms with Gasteiger partial charge in [0.05, 0.1) is 19.3 Å². The molecule has 2 aromatic rings. The number of nitrogens with one attached hydrogen (secondary N) is 1. The summed E-state index contributed by atoms with van der Waals surface area (Å²) in [5, 5.41) is 5.63. The molecule has 4 rings (SSSR count). The predicted octanol–water partition coefficient (Wildman–Crippen LogP) is 5.03. The quantitative estimate of drug-likeness (QED) is 0.599. The number of hydrogen-bond acceptors (Lipinski definition) is 6. The van der Waals surface area contributed by atoms with Crippen molar-refractivity contribution >= 4 is 29.2 Å². The fourth-order valence-corrected chi connectivity index (χ4v) is 4.98. The molecule has 0 aliphatic carbocycles. The zero-order valence-electron chi connectivity index (χ0n) is 19.9. The van der Waals surface area contributed by atoms with Gasteiger partial charge in [-0.05, 0) is 73.6 Å². The number of hydroxylamine groups is 2. The van der Waals surface area contributed by atoms with E-state index in [9.17, 15) is 9.59 Å². The van der Waals surface area contributed by atoms with E-state index >= 15 is 0 Å². The van der Waals surface area contributed by atoms with Crippen molar-refractivity contribution in [3.8, 4) is 11.1 Å². The monoisotopic (exact) mass is 484 g/mol. The van der Waals surface area contributed by atoms with Crippen LogP contribution in [0.3, 0.4) is 0 Å². The summed E-state index contributed by atoms with van der Waals surface area (Å²) in [4.78, 5) is 31.1. The van der Waals surface area contributed by atoms with Crippen LogP contribution in [0.1, 0.15) is 36.5 Å². The van der Waals surface area contributed by atoms with Crippen molar-refractivity contribution in [2.75, 3.05) is 26.8 Å². The molecule has 0 unspecified atom stereocenters. The van der Waals surface area contributed by atoms with E-state index < -0.39 is 11.7 Å². The molecule has 1 spiro atoms. The van der Waals surface area contributed by atoms with E-state index in [0.29, 0.717) is 42.3 Å². The van der Waals surface area contributed by atoms with Gasteiger partial charge in [0.2, 0.25) is 0 Å².